The van der Waals surface area contributed by atoms with Gasteiger partial charge in [-0.2, -0.15) is 0 Å². The first-order valence-electron chi connectivity index (χ1n) is 5.40. The summed E-state index contributed by atoms with van der Waals surface area (Å²) in [6, 6.07) is 10.2. The average Bonchev–Trinajstić information content (AvgIpc) is 2.79. The zero-order valence-corrected chi connectivity index (χ0v) is 8.53. The summed E-state index contributed by atoms with van der Waals surface area (Å²) in [5.74, 6) is 0. The lowest BCUT2D eigenvalue weighted by molar-refractivity contribution is 0.579. The van der Waals surface area contributed by atoms with E-state index in [9.17, 15) is 0 Å². The van der Waals surface area contributed by atoms with E-state index in [1.165, 1.54) is 30.8 Å². The Morgan fingerprint density at radius 1 is 1.36 bits per heavy atom. The smallest absolute Gasteiger partial charge is 0.0430 e. The highest BCUT2D eigenvalue weighted by atomic mass is 15.3. The molecule has 2 aliphatic heterocycles. The van der Waals surface area contributed by atoms with Gasteiger partial charge in [-0.25, -0.2) is 0 Å². The van der Waals surface area contributed by atoms with Crippen LogP contribution in [0.4, 0.5) is 5.69 Å². The van der Waals surface area contributed by atoms with E-state index in [0.29, 0.717) is 0 Å². The molecular weight excluding hydrogens is 172 g/mol. The number of nitrogens with one attached hydrogen (secondary N) is 1. The topological polar surface area (TPSA) is 15.3 Å². The lowest BCUT2D eigenvalue weighted by atomic mass is 10.1. The Morgan fingerprint density at radius 3 is 2.86 bits per heavy atom. The highest BCUT2D eigenvalue weighted by Crippen LogP contribution is 2.31. The quantitative estimate of drug-likeness (QED) is 0.719. The molecule has 0 aliphatic carbocycles. The van der Waals surface area contributed by atoms with Crippen molar-refractivity contribution in [2.75, 3.05) is 18.0 Å². The van der Waals surface area contributed by atoms with E-state index in [2.05, 4.69) is 41.4 Å². The molecule has 0 saturated carbocycles. The SMILES string of the molecule is Cc1ccccc1N1C[C@@H]2C[C@H]1CN2. The molecule has 2 saturated heterocycles. The number of anilines is 1. The summed E-state index contributed by atoms with van der Waals surface area (Å²) >= 11 is 0. The Labute approximate surface area is 84.9 Å². The summed E-state index contributed by atoms with van der Waals surface area (Å²) in [5, 5.41) is 3.53. The van der Waals surface area contributed by atoms with Gasteiger partial charge < -0.3 is 10.2 Å². The molecule has 0 unspecified atom stereocenters. The van der Waals surface area contributed by atoms with Crippen molar-refractivity contribution in [2.24, 2.45) is 0 Å². The number of aryl methyl sites for hydroxylation is 1. The van der Waals surface area contributed by atoms with Crippen molar-refractivity contribution in [3.8, 4) is 0 Å². The maximum absolute atomic E-state index is 3.53. The molecule has 74 valence electrons. The number of benzene rings is 1. The second kappa shape index (κ2) is 2.99. The van der Waals surface area contributed by atoms with Crippen LogP contribution in [0.2, 0.25) is 0 Å². The summed E-state index contributed by atoms with van der Waals surface area (Å²) in [7, 11) is 0. The van der Waals surface area contributed by atoms with Gasteiger partial charge in [-0.1, -0.05) is 18.2 Å². The molecule has 3 rings (SSSR count). The second-order valence-corrected chi connectivity index (χ2v) is 4.43. The van der Waals surface area contributed by atoms with Crippen LogP contribution in [-0.4, -0.2) is 25.2 Å². The zero-order valence-electron chi connectivity index (χ0n) is 8.53. The largest absolute Gasteiger partial charge is 0.365 e. The van der Waals surface area contributed by atoms with E-state index in [4.69, 9.17) is 0 Å². The van der Waals surface area contributed by atoms with Gasteiger partial charge in [0, 0.05) is 30.9 Å². The predicted octanol–water partition coefficient (Wildman–Crippen LogP) is 1.55. The highest BCUT2D eigenvalue weighted by Gasteiger charge is 2.37. The number of piperazine rings is 1. The van der Waals surface area contributed by atoms with E-state index in [1.54, 1.807) is 0 Å². The summed E-state index contributed by atoms with van der Waals surface area (Å²) in [5.41, 5.74) is 2.83. The molecule has 14 heavy (non-hydrogen) atoms. The molecule has 2 aliphatic rings. The number of nitrogens with zero attached hydrogens (tertiary/aromatic N) is 1. The Morgan fingerprint density at radius 2 is 2.21 bits per heavy atom. The first-order chi connectivity index (χ1) is 6.84. The molecule has 2 heterocycles. The van der Waals surface area contributed by atoms with Gasteiger partial charge in [-0.15, -0.1) is 0 Å². The Bertz CT molecular complexity index is 348. The normalized spacial score (nSPS) is 29.9. The zero-order chi connectivity index (χ0) is 9.54. The van der Waals surface area contributed by atoms with Gasteiger partial charge >= 0.3 is 0 Å². The molecule has 2 bridgehead atoms. The maximum Gasteiger partial charge on any atom is 0.0430 e. The first kappa shape index (κ1) is 8.30. The lowest BCUT2D eigenvalue weighted by Gasteiger charge is -2.30. The minimum Gasteiger partial charge on any atom is -0.365 e. The Hall–Kier alpha value is -1.02. The predicted molar refractivity (Wildman–Crippen MR) is 58.7 cm³/mol. The number of hydrogen-bond acceptors (Lipinski definition) is 2. The Kier molecular flexibility index (Phi) is 1.77. The molecule has 0 radical (unpaired) electrons. The third-order valence-corrected chi connectivity index (χ3v) is 3.48. The van der Waals surface area contributed by atoms with E-state index in [-0.39, 0.29) is 0 Å². The first-order valence-corrected chi connectivity index (χ1v) is 5.40. The maximum atomic E-state index is 3.53. The van der Waals surface area contributed by atoms with Crippen LogP contribution < -0.4 is 10.2 Å². The summed E-state index contributed by atoms with van der Waals surface area (Å²) in [6.07, 6.45) is 1.33. The standard InChI is InChI=1S/C12H16N2/c1-9-4-2-3-5-12(9)14-8-10-6-11(14)7-13-10/h2-5,10-11,13H,6-8H2,1H3/t10-,11-/m0/s1. The fraction of sp³-hybridized carbons (Fsp3) is 0.500. The third kappa shape index (κ3) is 1.14. The monoisotopic (exact) mass is 188 g/mol. The molecule has 2 fully saturated rings. The van der Waals surface area contributed by atoms with Gasteiger partial charge in [-0.05, 0) is 25.0 Å². The van der Waals surface area contributed by atoms with Crippen molar-refractivity contribution in [2.45, 2.75) is 25.4 Å². The minimum absolute atomic E-state index is 0.736. The molecule has 2 heteroatoms. The van der Waals surface area contributed by atoms with Crippen LogP contribution in [0, 0.1) is 6.92 Å². The van der Waals surface area contributed by atoms with Gasteiger partial charge in [0.05, 0.1) is 0 Å². The molecule has 1 aromatic rings. The van der Waals surface area contributed by atoms with Gasteiger partial charge in [0.2, 0.25) is 0 Å². The van der Waals surface area contributed by atoms with Crippen LogP contribution in [0.25, 0.3) is 0 Å². The van der Waals surface area contributed by atoms with Crippen LogP contribution in [0.5, 0.6) is 0 Å². The van der Waals surface area contributed by atoms with Gasteiger partial charge in [-0.3, -0.25) is 0 Å². The molecule has 1 aromatic carbocycles. The van der Waals surface area contributed by atoms with Gasteiger partial charge in [0.25, 0.3) is 0 Å². The van der Waals surface area contributed by atoms with Crippen LogP contribution in [-0.2, 0) is 0 Å². The van der Waals surface area contributed by atoms with E-state index >= 15 is 0 Å². The van der Waals surface area contributed by atoms with Crippen LogP contribution in [0.1, 0.15) is 12.0 Å². The van der Waals surface area contributed by atoms with Crippen molar-refractivity contribution in [1.82, 2.24) is 5.32 Å². The fourth-order valence-corrected chi connectivity index (χ4v) is 2.74. The summed E-state index contributed by atoms with van der Waals surface area (Å²) in [4.78, 5) is 2.57. The fourth-order valence-electron chi connectivity index (χ4n) is 2.74. The number of rotatable bonds is 1. The molecule has 1 N–H and O–H groups in total. The molecule has 0 aromatic heterocycles. The molecule has 0 amide bonds. The Balaban J connectivity index is 1.93. The van der Waals surface area contributed by atoms with Crippen molar-refractivity contribution in [3.63, 3.8) is 0 Å². The summed E-state index contributed by atoms with van der Waals surface area (Å²) in [6.45, 7) is 4.56. The van der Waals surface area contributed by atoms with Crippen LogP contribution in [0.3, 0.4) is 0 Å². The number of para-hydroxylation sites is 1. The van der Waals surface area contributed by atoms with Crippen LogP contribution >= 0.6 is 0 Å². The molecule has 0 spiro atoms. The summed E-state index contributed by atoms with van der Waals surface area (Å²) < 4.78 is 0. The third-order valence-electron chi connectivity index (χ3n) is 3.48. The van der Waals surface area contributed by atoms with E-state index in [0.717, 1.165) is 12.1 Å². The number of hydrogen-bond donors (Lipinski definition) is 1. The van der Waals surface area contributed by atoms with Crippen molar-refractivity contribution < 1.29 is 0 Å². The average molecular weight is 188 g/mol. The minimum atomic E-state index is 0.736. The number of fused-ring (bicyclic) bond motifs is 2. The van der Waals surface area contributed by atoms with Gasteiger partial charge in [0.1, 0.15) is 0 Å². The van der Waals surface area contributed by atoms with E-state index < -0.39 is 0 Å². The van der Waals surface area contributed by atoms with E-state index in [1.807, 2.05) is 0 Å². The second-order valence-electron chi connectivity index (χ2n) is 4.43. The lowest BCUT2D eigenvalue weighted by Crippen LogP contribution is -2.43. The van der Waals surface area contributed by atoms with Crippen molar-refractivity contribution >= 4 is 5.69 Å². The van der Waals surface area contributed by atoms with Crippen LogP contribution in [0.15, 0.2) is 24.3 Å². The molecular formula is C12H16N2. The van der Waals surface area contributed by atoms with Crippen molar-refractivity contribution in [1.29, 1.82) is 0 Å². The molecule has 2 atom stereocenters. The van der Waals surface area contributed by atoms with Crippen molar-refractivity contribution in [3.05, 3.63) is 29.8 Å². The highest BCUT2D eigenvalue weighted by molar-refractivity contribution is 5.55. The van der Waals surface area contributed by atoms with Gasteiger partial charge in [0.15, 0.2) is 0 Å². The molecule has 2 nitrogen and oxygen atoms in total.